The normalized spacial score (nSPS) is 15.1. The number of hydrogen-bond donors (Lipinski definition) is 1. The lowest BCUT2D eigenvalue weighted by Crippen LogP contribution is -2.50. The Morgan fingerprint density at radius 1 is 1.17 bits per heavy atom. The van der Waals surface area contributed by atoms with Crippen LogP contribution in [0.1, 0.15) is 49.3 Å². The number of nitrogens with one attached hydrogen (secondary N) is 1. The summed E-state index contributed by atoms with van der Waals surface area (Å²) in [6.07, 6.45) is 3.95. The third-order valence-electron chi connectivity index (χ3n) is 5.86. The van der Waals surface area contributed by atoms with E-state index in [0.29, 0.717) is 0 Å². The predicted molar refractivity (Wildman–Crippen MR) is 117 cm³/mol. The molecule has 1 fully saturated rings. The van der Waals surface area contributed by atoms with Crippen LogP contribution in [0.2, 0.25) is 5.02 Å². The minimum absolute atomic E-state index is 0.155. The van der Waals surface area contributed by atoms with Crippen molar-refractivity contribution in [3.05, 3.63) is 70.0 Å². The number of nitrogens with zero attached hydrogens (tertiary/aromatic N) is 1. The molecule has 0 saturated heterocycles. The van der Waals surface area contributed by atoms with Gasteiger partial charge in [-0.25, -0.2) is 4.39 Å². The van der Waals surface area contributed by atoms with Crippen molar-refractivity contribution in [2.45, 2.75) is 64.6 Å². The third kappa shape index (κ3) is 5.39. The van der Waals surface area contributed by atoms with Crippen LogP contribution in [-0.2, 0) is 22.6 Å². The number of benzene rings is 2. The summed E-state index contributed by atoms with van der Waals surface area (Å²) in [4.78, 5) is 27.7. The Morgan fingerprint density at radius 3 is 2.53 bits per heavy atom. The van der Waals surface area contributed by atoms with Gasteiger partial charge in [0, 0.05) is 23.2 Å². The summed E-state index contributed by atoms with van der Waals surface area (Å²) < 4.78 is 14.3. The number of aryl methyl sites for hydroxylation is 1. The zero-order chi connectivity index (χ0) is 21.7. The molecule has 0 radical (unpaired) electrons. The number of amides is 2. The van der Waals surface area contributed by atoms with Gasteiger partial charge >= 0.3 is 0 Å². The smallest absolute Gasteiger partial charge is 0.242 e. The van der Waals surface area contributed by atoms with E-state index in [0.717, 1.165) is 36.8 Å². The molecule has 0 aliphatic heterocycles. The standard InChI is InChI=1S/C24H28ClFN2O2/c1-16-8-3-4-9-18(16)15-28(17(2)24(30)27-19-10-5-6-11-19)23(29)14-20-21(25)12-7-13-22(20)26/h3-4,7-9,12-13,17,19H,5-6,10-11,14-15H2,1-2H3,(H,27,30)/t17-/m0/s1. The molecule has 30 heavy (non-hydrogen) atoms. The fourth-order valence-electron chi connectivity index (χ4n) is 3.90. The summed E-state index contributed by atoms with van der Waals surface area (Å²) in [7, 11) is 0. The van der Waals surface area contributed by atoms with Crippen LogP contribution in [0.25, 0.3) is 0 Å². The van der Waals surface area contributed by atoms with Crippen LogP contribution in [0, 0.1) is 12.7 Å². The second-order valence-corrected chi connectivity index (χ2v) is 8.40. The molecule has 0 heterocycles. The first-order valence-electron chi connectivity index (χ1n) is 10.4. The molecule has 2 amide bonds. The van der Waals surface area contributed by atoms with Gasteiger partial charge in [-0.1, -0.05) is 54.8 Å². The maximum Gasteiger partial charge on any atom is 0.242 e. The molecule has 0 unspecified atom stereocenters. The fourth-order valence-corrected chi connectivity index (χ4v) is 4.13. The molecule has 2 aromatic carbocycles. The molecule has 0 spiro atoms. The van der Waals surface area contributed by atoms with Gasteiger partial charge in [-0.05, 0) is 49.9 Å². The third-order valence-corrected chi connectivity index (χ3v) is 6.21. The summed E-state index contributed by atoms with van der Waals surface area (Å²) in [5.41, 5.74) is 2.14. The highest BCUT2D eigenvalue weighted by Gasteiger charge is 2.29. The van der Waals surface area contributed by atoms with Crippen molar-refractivity contribution in [2.24, 2.45) is 0 Å². The first kappa shape index (κ1) is 22.3. The van der Waals surface area contributed by atoms with E-state index in [2.05, 4.69) is 5.32 Å². The molecular weight excluding hydrogens is 403 g/mol. The van der Waals surface area contributed by atoms with E-state index in [9.17, 15) is 14.0 Å². The van der Waals surface area contributed by atoms with Crippen molar-refractivity contribution in [3.8, 4) is 0 Å². The minimum Gasteiger partial charge on any atom is -0.352 e. The van der Waals surface area contributed by atoms with Crippen LogP contribution < -0.4 is 5.32 Å². The van der Waals surface area contributed by atoms with Crippen molar-refractivity contribution in [1.82, 2.24) is 10.2 Å². The Labute approximate surface area is 182 Å². The molecule has 1 N–H and O–H groups in total. The maximum absolute atomic E-state index is 14.3. The van der Waals surface area contributed by atoms with Crippen LogP contribution >= 0.6 is 11.6 Å². The average Bonchev–Trinajstić information content (AvgIpc) is 3.22. The zero-order valence-corrected chi connectivity index (χ0v) is 18.2. The van der Waals surface area contributed by atoms with Gasteiger partial charge in [0.15, 0.2) is 0 Å². The monoisotopic (exact) mass is 430 g/mol. The summed E-state index contributed by atoms with van der Waals surface area (Å²) in [5, 5.41) is 3.28. The van der Waals surface area contributed by atoms with E-state index in [1.54, 1.807) is 13.0 Å². The fraction of sp³-hybridized carbons (Fsp3) is 0.417. The number of rotatable bonds is 7. The van der Waals surface area contributed by atoms with Crippen LogP contribution in [0.15, 0.2) is 42.5 Å². The maximum atomic E-state index is 14.3. The van der Waals surface area contributed by atoms with Gasteiger partial charge in [0.1, 0.15) is 11.9 Å². The summed E-state index contributed by atoms with van der Waals surface area (Å²) >= 11 is 6.13. The molecule has 0 bridgehead atoms. The van der Waals surface area contributed by atoms with Crippen LogP contribution in [0.3, 0.4) is 0 Å². The van der Waals surface area contributed by atoms with Gasteiger partial charge in [-0.2, -0.15) is 0 Å². The summed E-state index contributed by atoms with van der Waals surface area (Å²) in [6.45, 7) is 3.97. The molecular formula is C24H28ClFN2O2. The second kappa shape index (κ2) is 10.1. The van der Waals surface area contributed by atoms with Gasteiger partial charge < -0.3 is 10.2 Å². The summed E-state index contributed by atoms with van der Waals surface area (Å²) in [6, 6.07) is 11.6. The highest BCUT2D eigenvalue weighted by Crippen LogP contribution is 2.23. The SMILES string of the molecule is Cc1ccccc1CN(C(=O)Cc1c(F)cccc1Cl)[C@@H](C)C(=O)NC1CCCC1. The number of halogens is 2. The van der Waals surface area contributed by atoms with Gasteiger partial charge in [-0.15, -0.1) is 0 Å². The van der Waals surface area contributed by atoms with Crippen molar-refractivity contribution in [1.29, 1.82) is 0 Å². The molecule has 1 atom stereocenters. The number of carbonyl (C=O) groups is 2. The average molecular weight is 431 g/mol. The molecule has 2 aromatic rings. The first-order valence-corrected chi connectivity index (χ1v) is 10.8. The van der Waals surface area contributed by atoms with E-state index in [1.807, 2.05) is 31.2 Å². The topological polar surface area (TPSA) is 49.4 Å². The van der Waals surface area contributed by atoms with Gasteiger partial charge in [0.25, 0.3) is 0 Å². The summed E-state index contributed by atoms with van der Waals surface area (Å²) in [5.74, 6) is -1.03. The molecule has 1 aliphatic rings. The van der Waals surface area contributed by atoms with E-state index in [4.69, 9.17) is 11.6 Å². The largest absolute Gasteiger partial charge is 0.352 e. The van der Waals surface area contributed by atoms with Crippen molar-refractivity contribution in [3.63, 3.8) is 0 Å². The highest BCUT2D eigenvalue weighted by molar-refractivity contribution is 6.31. The van der Waals surface area contributed by atoms with Crippen LogP contribution in [0.5, 0.6) is 0 Å². The Balaban J connectivity index is 1.83. The molecule has 1 aliphatic carbocycles. The molecule has 6 heteroatoms. The van der Waals surface area contributed by atoms with Crippen molar-refractivity contribution >= 4 is 23.4 Å². The molecule has 1 saturated carbocycles. The van der Waals surface area contributed by atoms with Crippen molar-refractivity contribution in [2.75, 3.05) is 0 Å². The van der Waals surface area contributed by atoms with Gasteiger partial charge in [0.2, 0.25) is 11.8 Å². The lowest BCUT2D eigenvalue weighted by atomic mass is 10.1. The molecule has 3 rings (SSSR count). The first-order chi connectivity index (χ1) is 14.4. The lowest BCUT2D eigenvalue weighted by molar-refractivity contribution is -0.140. The molecule has 160 valence electrons. The quantitative estimate of drug-likeness (QED) is 0.685. The zero-order valence-electron chi connectivity index (χ0n) is 17.5. The Morgan fingerprint density at radius 2 is 1.87 bits per heavy atom. The van der Waals surface area contributed by atoms with Crippen LogP contribution in [-0.4, -0.2) is 28.8 Å². The number of carbonyl (C=O) groups excluding carboxylic acids is 2. The van der Waals surface area contributed by atoms with E-state index >= 15 is 0 Å². The molecule has 0 aromatic heterocycles. The van der Waals surface area contributed by atoms with Gasteiger partial charge in [0.05, 0.1) is 6.42 Å². The Hall–Kier alpha value is -2.40. The lowest BCUT2D eigenvalue weighted by Gasteiger charge is -2.30. The Kier molecular flexibility index (Phi) is 7.48. The Bertz CT molecular complexity index is 892. The minimum atomic E-state index is -0.678. The number of hydrogen-bond acceptors (Lipinski definition) is 2. The molecule has 4 nitrogen and oxygen atoms in total. The van der Waals surface area contributed by atoms with Crippen molar-refractivity contribution < 1.29 is 14.0 Å². The highest BCUT2D eigenvalue weighted by atomic mass is 35.5. The van der Waals surface area contributed by atoms with E-state index < -0.39 is 11.9 Å². The second-order valence-electron chi connectivity index (χ2n) is 7.99. The predicted octanol–water partition coefficient (Wildman–Crippen LogP) is 4.81. The van der Waals surface area contributed by atoms with E-state index in [1.165, 1.54) is 17.0 Å². The van der Waals surface area contributed by atoms with Crippen LogP contribution in [0.4, 0.5) is 4.39 Å². The van der Waals surface area contributed by atoms with Gasteiger partial charge in [-0.3, -0.25) is 9.59 Å². The van der Waals surface area contributed by atoms with E-state index in [-0.39, 0.29) is 41.4 Å².